The van der Waals surface area contributed by atoms with Gasteiger partial charge in [-0.3, -0.25) is 9.80 Å². The van der Waals surface area contributed by atoms with Crippen LogP contribution in [0.5, 0.6) is 0 Å². The minimum atomic E-state index is -0.336. The van der Waals surface area contributed by atoms with Crippen LogP contribution in [0.3, 0.4) is 0 Å². The molecule has 1 N–H and O–H groups in total. The van der Waals surface area contributed by atoms with Gasteiger partial charge in [-0.2, -0.15) is 0 Å². The molecule has 1 aromatic carbocycles. The second kappa shape index (κ2) is 5.82. The van der Waals surface area contributed by atoms with Crippen LogP contribution in [0.1, 0.15) is 50.5 Å². The fourth-order valence-corrected chi connectivity index (χ4v) is 5.23. The van der Waals surface area contributed by atoms with Crippen molar-refractivity contribution in [2.45, 2.75) is 56.1 Å². The van der Waals surface area contributed by atoms with E-state index in [1.54, 1.807) is 0 Å². The zero-order valence-corrected chi connectivity index (χ0v) is 15.3. The van der Waals surface area contributed by atoms with Gasteiger partial charge in [-0.05, 0) is 76.6 Å². The molecular weight excluding hydrogens is 296 g/mol. The number of aliphatic hydroxyl groups is 1. The third-order valence-corrected chi connectivity index (χ3v) is 7.17. The SMILES string of the molecule is CN(C)C1(c2ccccc2)CCC2(CCN(CC3(O)CC3)C2)CC1. The Morgan fingerprint density at radius 3 is 2.21 bits per heavy atom. The van der Waals surface area contributed by atoms with Crippen molar-refractivity contribution in [3.63, 3.8) is 0 Å². The van der Waals surface area contributed by atoms with E-state index in [1.807, 2.05) is 0 Å². The number of benzene rings is 1. The lowest BCUT2D eigenvalue weighted by molar-refractivity contribution is 0.0336. The highest BCUT2D eigenvalue weighted by molar-refractivity contribution is 5.26. The maximum absolute atomic E-state index is 10.2. The molecule has 1 heterocycles. The molecule has 132 valence electrons. The molecule has 0 unspecified atom stereocenters. The van der Waals surface area contributed by atoms with E-state index in [4.69, 9.17) is 0 Å². The van der Waals surface area contributed by atoms with E-state index >= 15 is 0 Å². The first kappa shape index (κ1) is 16.6. The van der Waals surface area contributed by atoms with Crippen LogP contribution in [-0.2, 0) is 5.54 Å². The van der Waals surface area contributed by atoms with Crippen LogP contribution < -0.4 is 0 Å². The first-order chi connectivity index (χ1) is 11.5. The maximum atomic E-state index is 10.2. The Hall–Kier alpha value is -0.900. The summed E-state index contributed by atoms with van der Waals surface area (Å²) < 4.78 is 0. The molecule has 3 nitrogen and oxygen atoms in total. The summed E-state index contributed by atoms with van der Waals surface area (Å²) in [6.45, 7) is 3.29. The lowest BCUT2D eigenvalue weighted by Crippen LogP contribution is -2.47. The number of likely N-dealkylation sites (tertiary alicyclic amines) is 1. The van der Waals surface area contributed by atoms with Gasteiger partial charge in [0.05, 0.1) is 5.60 Å². The molecule has 0 atom stereocenters. The van der Waals surface area contributed by atoms with Crippen LogP contribution in [0.25, 0.3) is 0 Å². The van der Waals surface area contributed by atoms with Crippen molar-refractivity contribution in [2.75, 3.05) is 33.7 Å². The number of nitrogens with zero attached hydrogens (tertiary/aromatic N) is 2. The molecule has 24 heavy (non-hydrogen) atoms. The number of rotatable bonds is 4. The summed E-state index contributed by atoms with van der Waals surface area (Å²) in [7, 11) is 4.49. The van der Waals surface area contributed by atoms with Crippen LogP contribution in [0.4, 0.5) is 0 Å². The van der Waals surface area contributed by atoms with Gasteiger partial charge in [0.1, 0.15) is 0 Å². The average Bonchev–Trinajstić information content (AvgIpc) is 3.18. The smallest absolute Gasteiger partial charge is 0.0776 e. The van der Waals surface area contributed by atoms with Crippen molar-refractivity contribution >= 4 is 0 Å². The van der Waals surface area contributed by atoms with Crippen molar-refractivity contribution < 1.29 is 5.11 Å². The summed E-state index contributed by atoms with van der Waals surface area (Å²) in [5.41, 5.74) is 1.85. The summed E-state index contributed by atoms with van der Waals surface area (Å²) in [5, 5.41) is 10.2. The van der Waals surface area contributed by atoms with Crippen LogP contribution in [0, 0.1) is 5.41 Å². The predicted molar refractivity (Wildman–Crippen MR) is 97.9 cm³/mol. The van der Waals surface area contributed by atoms with E-state index in [0.717, 1.165) is 19.4 Å². The second-order valence-electron chi connectivity index (χ2n) is 8.98. The Labute approximate surface area is 146 Å². The van der Waals surface area contributed by atoms with Crippen LogP contribution in [0.15, 0.2) is 30.3 Å². The molecule has 1 aliphatic heterocycles. The van der Waals surface area contributed by atoms with Crippen LogP contribution in [0.2, 0.25) is 0 Å². The normalized spacial score (nSPS) is 35.7. The number of hydrogen-bond donors (Lipinski definition) is 1. The summed E-state index contributed by atoms with van der Waals surface area (Å²) in [4.78, 5) is 4.99. The molecule has 4 rings (SSSR count). The van der Waals surface area contributed by atoms with E-state index in [1.165, 1.54) is 50.8 Å². The molecule has 3 aliphatic rings. The van der Waals surface area contributed by atoms with E-state index < -0.39 is 0 Å². The Morgan fingerprint density at radius 1 is 0.958 bits per heavy atom. The minimum absolute atomic E-state index is 0.203. The molecule has 1 spiro atoms. The van der Waals surface area contributed by atoms with Crippen molar-refractivity contribution in [3.8, 4) is 0 Å². The van der Waals surface area contributed by atoms with Gasteiger partial charge in [-0.25, -0.2) is 0 Å². The molecule has 0 radical (unpaired) electrons. The van der Waals surface area contributed by atoms with Crippen LogP contribution in [-0.4, -0.2) is 54.2 Å². The van der Waals surface area contributed by atoms with E-state index in [0.29, 0.717) is 5.41 Å². The van der Waals surface area contributed by atoms with Gasteiger partial charge < -0.3 is 5.11 Å². The quantitative estimate of drug-likeness (QED) is 0.919. The number of hydrogen-bond acceptors (Lipinski definition) is 3. The first-order valence-electron chi connectivity index (χ1n) is 9.63. The molecule has 1 saturated heterocycles. The Balaban J connectivity index is 1.45. The van der Waals surface area contributed by atoms with E-state index in [9.17, 15) is 5.11 Å². The van der Waals surface area contributed by atoms with Crippen molar-refractivity contribution in [3.05, 3.63) is 35.9 Å². The van der Waals surface area contributed by atoms with Crippen molar-refractivity contribution in [1.29, 1.82) is 0 Å². The highest BCUT2D eigenvalue weighted by Gasteiger charge is 2.49. The molecule has 2 saturated carbocycles. The van der Waals surface area contributed by atoms with Gasteiger partial charge in [0.25, 0.3) is 0 Å². The fourth-order valence-electron chi connectivity index (χ4n) is 5.23. The molecule has 0 aromatic heterocycles. The molecule has 1 aromatic rings. The Morgan fingerprint density at radius 2 is 1.62 bits per heavy atom. The van der Waals surface area contributed by atoms with E-state index in [-0.39, 0.29) is 11.1 Å². The molecule has 2 aliphatic carbocycles. The van der Waals surface area contributed by atoms with Crippen LogP contribution >= 0.6 is 0 Å². The summed E-state index contributed by atoms with van der Waals surface area (Å²) >= 11 is 0. The third kappa shape index (κ3) is 2.91. The van der Waals surface area contributed by atoms with Gasteiger partial charge in [0, 0.05) is 18.6 Å². The third-order valence-electron chi connectivity index (χ3n) is 7.17. The summed E-state index contributed by atoms with van der Waals surface area (Å²) in [6, 6.07) is 11.1. The monoisotopic (exact) mass is 328 g/mol. The summed E-state index contributed by atoms with van der Waals surface area (Å²) in [5.74, 6) is 0. The first-order valence-corrected chi connectivity index (χ1v) is 9.63. The van der Waals surface area contributed by atoms with Gasteiger partial charge >= 0.3 is 0 Å². The lowest BCUT2D eigenvalue weighted by Gasteiger charge is -2.49. The molecule has 0 amide bonds. The van der Waals surface area contributed by atoms with Gasteiger partial charge in [-0.15, -0.1) is 0 Å². The van der Waals surface area contributed by atoms with Crippen molar-refractivity contribution in [1.82, 2.24) is 9.80 Å². The Kier molecular flexibility index (Phi) is 4.02. The highest BCUT2D eigenvalue weighted by Crippen LogP contribution is 2.52. The lowest BCUT2D eigenvalue weighted by atomic mass is 9.64. The van der Waals surface area contributed by atoms with Gasteiger partial charge in [0.2, 0.25) is 0 Å². The van der Waals surface area contributed by atoms with Gasteiger partial charge in [0.15, 0.2) is 0 Å². The van der Waals surface area contributed by atoms with E-state index in [2.05, 4.69) is 54.2 Å². The zero-order valence-electron chi connectivity index (χ0n) is 15.3. The summed E-state index contributed by atoms with van der Waals surface area (Å²) in [6.07, 6.45) is 8.47. The molecule has 0 bridgehead atoms. The second-order valence-corrected chi connectivity index (χ2v) is 8.98. The average molecular weight is 329 g/mol. The fraction of sp³-hybridized carbons (Fsp3) is 0.714. The molecule has 3 heteroatoms. The van der Waals surface area contributed by atoms with Crippen molar-refractivity contribution in [2.24, 2.45) is 5.41 Å². The Bertz CT molecular complexity index is 571. The highest BCUT2D eigenvalue weighted by atomic mass is 16.3. The molecular formula is C21H32N2O. The minimum Gasteiger partial charge on any atom is -0.389 e. The molecule has 3 fully saturated rings. The number of β-amino-alcohol motifs (C(OH)–C–C–N with tert-alkyl or cyclic N) is 1. The zero-order chi connectivity index (χ0) is 16.8. The largest absolute Gasteiger partial charge is 0.389 e. The maximum Gasteiger partial charge on any atom is 0.0776 e. The predicted octanol–water partition coefficient (Wildman–Crippen LogP) is 3.23. The topological polar surface area (TPSA) is 26.7 Å². The van der Waals surface area contributed by atoms with Gasteiger partial charge in [-0.1, -0.05) is 30.3 Å². The standard InChI is InChI=1S/C21H32N2O/c1-22(2)21(18-6-4-3-5-7-18)12-8-19(9-13-21)14-15-23(16-19)17-20(24)10-11-20/h3-7,24H,8-17H2,1-2H3.